The van der Waals surface area contributed by atoms with Gasteiger partial charge in [-0.1, -0.05) is 48.4 Å². The Morgan fingerprint density at radius 1 is 1.11 bits per heavy atom. The van der Waals surface area contributed by atoms with E-state index in [0.717, 1.165) is 74.0 Å². The molecule has 2 aromatic rings. The predicted molar refractivity (Wildman–Crippen MR) is 160 cm³/mol. The van der Waals surface area contributed by atoms with Crippen LogP contribution in [0.25, 0.3) is 17.4 Å². The summed E-state index contributed by atoms with van der Waals surface area (Å²) in [6.45, 7) is 5.66. The molecule has 3 atom stereocenters. The van der Waals surface area contributed by atoms with Crippen LogP contribution in [-0.4, -0.2) is 58.8 Å². The average molecular weight is 570 g/mol. The van der Waals surface area contributed by atoms with Crippen molar-refractivity contribution in [2.75, 3.05) is 32.7 Å². The van der Waals surface area contributed by atoms with Crippen LogP contribution in [0.1, 0.15) is 56.3 Å². The highest BCUT2D eigenvalue weighted by molar-refractivity contribution is 8.26. The summed E-state index contributed by atoms with van der Waals surface area (Å²) >= 11 is 13.3. The summed E-state index contributed by atoms with van der Waals surface area (Å²) in [5.41, 5.74) is 2.14. The summed E-state index contributed by atoms with van der Waals surface area (Å²) in [5.74, 6) is 3.03. The number of benzene rings is 1. The second kappa shape index (κ2) is 11.8. The molecule has 1 aromatic carbocycles. The summed E-state index contributed by atoms with van der Waals surface area (Å²) in [6, 6.07) is 10.2. The summed E-state index contributed by atoms with van der Waals surface area (Å²) in [4.78, 5) is 18.7. The van der Waals surface area contributed by atoms with Crippen molar-refractivity contribution in [3.05, 3.63) is 51.6 Å². The maximum atomic E-state index is 13.5. The van der Waals surface area contributed by atoms with Gasteiger partial charge in [0.2, 0.25) is 0 Å². The molecule has 202 valence electrons. The Hall–Kier alpha value is -1.64. The third-order valence-corrected chi connectivity index (χ3v) is 10.3. The maximum Gasteiger partial charge on any atom is 0.266 e. The van der Waals surface area contributed by atoms with Gasteiger partial charge < -0.3 is 14.6 Å². The molecule has 2 saturated heterocycles. The zero-order valence-electron chi connectivity index (χ0n) is 21.8. The quantitative estimate of drug-likeness (QED) is 0.208. The van der Waals surface area contributed by atoms with Crippen LogP contribution in [0.4, 0.5) is 0 Å². The molecule has 5 nitrogen and oxygen atoms in total. The van der Waals surface area contributed by atoms with E-state index in [-0.39, 0.29) is 11.9 Å². The molecule has 3 unspecified atom stereocenters. The van der Waals surface area contributed by atoms with Gasteiger partial charge in [-0.2, -0.15) is 0 Å². The summed E-state index contributed by atoms with van der Waals surface area (Å²) in [7, 11) is 0. The lowest BCUT2D eigenvalue weighted by Crippen LogP contribution is -2.43. The van der Waals surface area contributed by atoms with Crippen molar-refractivity contribution >= 4 is 51.9 Å². The van der Waals surface area contributed by atoms with E-state index < -0.39 is 0 Å². The molecule has 2 bridgehead atoms. The van der Waals surface area contributed by atoms with E-state index in [9.17, 15) is 4.79 Å². The van der Waals surface area contributed by atoms with Crippen molar-refractivity contribution in [3.63, 3.8) is 0 Å². The van der Waals surface area contributed by atoms with Crippen molar-refractivity contribution in [1.29, 1.82) is 0 Å². The lowest BCUT2D eigenvalue weighted by Gasteiger charge is -2.30. The number of piperazine rings is 1. The maximum absolute atomic E-state index is 13.5. The number of nitrogens with one attached hydrogen (secondary N) is 1. The molecule has 0 spiro atoms. The zero-order valence-corrected chi connectivity index (χ0v) is 24.2. The van der Waals surface area contributed by atoms with Crippen LogP contribution in [0.5, 0.6) is 0 Å². The lowest BCUT2D eigenvalue weighted by molar-refractivity contribution is -0.124. The molecule has 38 heavy (non-hydrogen) atoms. The molecule has 4 aliphatic rings. The monoisotopic (exact) mass is 569 g/mol. The van der Waals surface area contributed by atoms with E-state index >= 15 is 0 Å². The molecule has 4 fully saturated rings. The van der Waals surface area contributed by atoms with Crippen molar-refractivity contribution in [2.24, 2.45) is 11.8 Å². The van der Waals surface area contributed by atoms with Gasteiger partial charge >= 0.3 is 0 Å². The number of hydrogen-bond acceptors (Lipinski definition) is 6. The Bertz CT molecular complexity index is 1200. The first-order valence-electron chi connectivity index (χ1n) is 14.1. The van der Waals surface area contributed by atoms with Crippen molar-refractivity contribution in [3.8, 4) is 11.3 Å². The molecule has 2 saturated carbocycles. The SMILES string of the molecule is O=C1/C(=C/c2oc(-c3ccc(Cl)cc3)cc2CCCCCN2CCNCC2)SC(=S)N1C1CC2CCC1C2. The van der Waals surface area contributed by atoms with E-state index in [1.165, 1.54) is 50.4 Å². The number of thiocarbonyl (C=S) groups is 1. The number of rotatable bonds is 9. The van der Waals surface area contributed by atoms with Crippen molar-refractivity contribution in [1.82, 2.24) is 15.1 Å². The van der Waals surface area contributed by atoms with Gasteiger partial charge in [-0.15, -0.1) is 0 Å². The first-order valence-corrected chi connectivity index (χ1v) is 15.7. The third kappa shape index (κ3) is 5.78. The molecule has 1 N–H and O–H groups in total. The van der Waals surface area contributed by atoms with Gasteiger partial charge in [0.05, 0.1) is 4.91 Å². The largest absolute Gasteiger partial charge is 0.456 e. The third-order valence-electron chi connectivity index (χ3n) is 8.72. The number of thioether (sulfide) groups is 1. The van der Waals surface area contributed by atoms with E-state index in [0.29, 0.717) is 20.2 Å². The minimum absolute atomic E-state index is 0.0592. The van der Waals surface area contributed by atoms with Gasteiger partial charge in [-0.25, -0.2) is 0 Å². The van der Waals surface area contributed by atoms with Crippen LogP contribution >= 0.6 is 35.6 Å². The van der Waals surface area contributed by atoms with E-state index in [4.69, 9.17) is 28.2 Å². The minimum Gasteiger partial charge on any atom is -0.456 e. The van der Waals surface area contributed by atoms with Crippen LogP contribution in [-0.2, 0) is 11.2 Å². The molecular weight excluding hydrogens is 534 g/mol. The first kappa shape index (κ1) is 26.6. The topological polar surface area (TPSA) is 48.7 Å². The summed E-state index contributed by atoms with van der Waals surface area (Å²) in [6.07, 6.45) is 11.2. The van der Waals surface area contributed by atoms with Gasteiger partial charge in [-0.05, 0) is 92.8 Å². The molecule has 8 heteroatoms. The van der Waals surface area contributed by atoms with Crippen molar-refractivity contribution < 1.29 is 9.21 Å². The Morgan fingerprint density at radius 2 is 1.92 bits per heavy atom. The Balaban J connectivity index is 1.17. The van der Waals surface area contributed by atoms with E-state index in [2.05, 4.69) is 16.3 Å². The second-order valence-corrected chi connectivity index (χ2v) is 13.3. The predicted octanol–water partition coefficient (Wildman–Crippen LogP) is 6.61. The highest BCUT2D eigenvalue weighted by Crippen LogP contribution is 2.49. The van der Waals surface area contributed by atoms with Gasteiger partial charge in [0.25, 0.3) is 5.91 Å². The van der Waals surface area contributed by atoms with Gasteiger partial charge in [0.1, 0.15) is 15.8 Å². The number of carbonyl (C=O) groups excluding carboxylic acids is 1. The average Bonchev–Trinajstić information content (AvgIpc) is 3.70. The lowest BCUT2D eigenvalue weighted by atomic mass is 9.94. The number of fused-ring (bicyclic) bond motifs is 2. The highest BCUT2D eigenvalue weighted by atomic mass is 35.5. The molecule has 0 radical (unpaired) electrons. The smallest absolute Gasteiger partial charge is 0.266 e. The summed E-state index contributed by atoms with van der Waals surface area (Å²) in [5, 5.41) is 4.13. The molecule has 3 heterocycles. The van der Waals surface area contributed by atoms with E-state index in [1.54, 1.807) is 0 Å². The number of amides is 1. The fourth-order valence-electron chi connectivity index (χ4n) is 6.69. The Morgan fingerprint density at radius 3 is 2.66 bits per heavy atom. The fraction of sp³-hybridized carbons (Fsp3) is 0.533. The first-order chi connectivity index (χ1) is 18.5. The second-order valence-electron chi connectivity index (χ2n) is 11.2. The molecular formula is C30H36ClN3O2S2. The van der Waals surface area contributed by atoms with Gasteiger partial charge in [0.15, 0.2) is 0 Å². The van der Waals surface area contributed by atoms with Crippen LogP contribution in [0.3, 0.4) is 0 Å². The van der Waals surface area contributed by atoms with Crippen LogP contribution in [0.2, 0.25) is 5.02 Å². The van der Waals surface area contributed by atoms with E-state index in [1.807, 2.05) is 35.2 Å². The summed E-state index contributed by atoms with van der Waals surface area (Å²) < 4.78 is 7.09. The van der Waals surface area contributed by atoms with Crippen LogP contribution < -0.4 is 5.32 Å². The van der Waals surface area contributed by atoms with Crippen LogP contribution in [0.15, 0.2) is 39.7 Å². The molecule has 2 aliphatic heterocycles. The standard InChI is InChI=1S/C30H36ClN3O2S2/c31-24-9-7-21(8-10-24)26-18-23(4-2-1-3-13-33-14-11-32-12-15-33)27(36-26)19-28-29(35)34(30(37)38-28)25-17-20-5-6-22(25)16-20/h7-10,18-20,22,25,32H,1-6,11-17H2/b28-19-. The fourth-order valence-corrected chi connectivity index (χ4v) is 8.16. The molecule has 6 rings (SSSR count). The zero-order chi connectivity index (χ0) is 26.1. The number of unbranched alkanes of at least 4 members (excludes halogenated alkanes) is 2. The Kier molecular flexibility index (Phi) is 8.29. The number of halogens is 1. The number of hydrogen-bond donors (Lipinski definition) is 1. The number of furan rings is 1. The Labute approximate surface area is 240 Å². The highest BCUT2D eigenvalue weighted by Gasteiger charge is 2.48. The number of aryl methyl sites for hydroxylation is 1. The molecule has 1 aromatic heterocycles. The number of nitrogens with zero attached hydrogens (tertiary/aromatic N) is 2. The van der Waals surface area contributed by atoms with Crippen LogP contribution in [0, 0.1) is 11.8 Å². The molecule has 2 aliphatic carbocycles. The van der Waals surface area contributed by atoms with Crippen molar-refractivity contribution in [2.45, 2.75) is 57.4 Å². The minimum atomic E-state index is 0.0592. The van der Waals surface area contributed by atoms with Gasteiger partial charge in [0, 0.05) is 48.9 Å². The number of carbonyl (C=O) groups is 1. The van der Waals surface area contributed by atoms with Gasteiger partial charge in [-0.3, -0.25) is 9.69 Å². The molecule has 1 amide bonds. The normalized spacial score (nSPS) is 26.8.